The molecular weight excluding hydrogens is 128 g/mol. The molecule has 4 nitrogen and oxygen atoms in total. The van der Waals surface area contributed by atoms with E-state index in [0.29, 0.717) is 11.5 Å². The predicted octanol–water partition coefficient (Wildman–Crippen LogP) is 0.258. The molecule has 1 rings (SSSR count). The molecule has 0 amide bonds. The van der Waals surface area contributed by atoms with Crippen LogP contribution in [0.1, 0.15) is 11.3 Å². The van der Waals surface area contributed by atoms with Crippen LogP contribution in [0.2, 0.25) is 0 Å². The highest BCUT2D eigenvalue weighted by Crippen LogP contribution is 2.16. The van der Waals surface area contributed by atoms with Crippen molar-refractivity contribution in [1.29, 1.82) is 0 Å². The van der Waals surface area contributed by atoms with Gasteiger partial charge in [-0.15, -0.1) is 5.10 Å². The highest BCUT2D eigenvalue weighted by atomic mass is 15.1. The van der Waals surface area contributed by atoms with Crippen molar-refractivity contribution >= 4 is 11.5 Å². The summed E-state index contributed by atoms with van der Waals surface area (Å²) in [6.45, 7) is 3.63. The van der Waals surface area contributed by atoms with Crippen molar-refractivity contribution in [2.24, 2.45) is 0 Å². The Kier molecular flexibility index (Phi) is 1.45. The Balaban J connectivity index is 3.34. The van der Waals surface area contributed by atoms with Crippen LogP contribution in [-0.4, -0.2) is 10.2 Å². The van der Waals surface area contributed by atoms with Gasteiger partial charge in [-0.3, -0.25) is 0 Å². The third kappa shape index (κ3) is 0.877. The molecule has 4 heteroatoms. The summed E-state index contributed by atoms with van der Waals surface area (Å²) in [7, 11) is 0. The zero-order chi connectivity index (χ0) is 7.72. The first kappa shape index (κ1) is 6.80. The van der Waals surface area contributed by atoms with Gasteiger partial charge in [0, 0.05) is 5.56 Å². The largest absolute Gasteiger partial charge is 0.397 e. The molecule has 0 saturated carbocycles. The van der Waals surface area contributed by atoms with Gasteiger partial charge < -0.3 is 11.5 Å². The fourth-order valence-corrected chi connectivity index (χ4v) is 0.667. The lowest BCUT2D eigenvalue weighted by atomic mass is 10.2. The second kappa shape index (κ2) is 2.13. The van der Waals surface area contributed by atoms with E-state index in [1.165, 1.54) is 0 Å². The van der Waals surface area contributed by atoms with Gasteiger partial charge in [0.1, 0.15) is 0 Å². The Labute approximate surface area is 59.2 Å². The number of nitrogens with two attached hydrogens (primary N) is 2. The van der Waals surface area contributed by atoms with Crippen LogP contribution < -0.4 is 11.5 Å². The summed E-state index contributed by atoms with van der Waals surface area (Å²) in [5, 5.41) is 7.43. The number of hydrogen-bond donors (Lipinski definition) is 2. The molecule has 0 radical (unpaired) electrons. The quantitative estimate of drug-likeness (QED) is 0.539. The normalized spacial score (nSPS) is 9.80. The summed E-state index contributed by atoms with van der Waals surface area (Å²) < 4.78 is 0. The Morgan fingerprint density at radius 2 is 1.70 bits per heavy atom. The molecule has 0 saturated heterocycles. The molecule has 0 aromatic carbocycles. The molecule has 1 aromatic rings. The van der Waals surface area contributed by atoms with Gasteiger partial charge in [-0.1, -0.05) is 0 Å². The molecule has 1 heterocycles. The van der Waals surface area contributed by atoms with Crippen molar-refractivity contribution < 1.29 is 0 Å². The molecule has 0 bridgehead atoms. The van der Waals surface area contributed by atoms with Crippen molar-refractivity contribution in [3.8, 4) is 0 Å². The SMILES string of the molecule is Cc1nnc(N)c(C)c1N. The number of nitrogen functional groups attached to an aromatic ring is 2. The van der Waals surface area contributed by atoms with E-state index in [1.807, 2.05) is 6.92 Å². The minimum absolute atomic E-state index is 0.406. The zero-order valence-corrected chi connectivity index (χ0v) is 6.05. The van der Waals surface area contributed by atoms with Gasteiger partial charge in [0.05, 0.1) is 11.4 Å². The van der Waals surface area contributed by atoms with Crippen molar-refractivity contribution in [2.45, 2.75) is 13.8 Å². The molecule has 0 aliphatic heterocycles. The maximum Gasteiger partial charge on any atom is 0.151 e. The minimum atomic E-state index is 0.406. The van der Waals surface area contributed by atoms with Gasteiger partial charge in [-0.2, -0.15) is 5.10 Å². The van der Waals surface area contributed by atoms with E-state index >= 15 is 0 Å². The van der Waals surface area contributed by atoms with Crippen LogP contribution in [0.4, 0.5) is 11.5 Å². The highest BCUT2D eigenvalue weighted by molar-refractivity contribution is 5.57. The average molecular weight is 138 g/mol. The summed E-state index contributed by atoms with van der Waals surface area (Å²) in [4.78, 5) is 0. The third-order valence-corrected chi connectivity index (χ3v) is 1.49. The van der Waals surface area contributed by atoms with Crippen molar-refractivity contribution in [3.63, 3.8) is 0 Å². The first-order valence-electron chi connectivity index (χ1n) is 2.97. The van der Waals surface area contributed by atoms with Gasteiger partial charge >= 0.3 is 0 Å². The Hall–Kier alpha value is -1.32. The highest BCUT2D eigenvalue weighted by Gasteiger charge is 2.02. The van der Waals surface area contributed by atoms with Crippen molar-refractivity contribution in [1.82, 2.24) is 10.2 Å². The fourth-order valence-electron chi connectivity index (χ4n) is 0.667. The second-order valence-corrected chi connectivity index (χ2v) is 2.21. The first-order chi connectivity index (χ1) is 4.63. The van der Waals surface area contributed by atoms with Crippen molar-refractivity contribution in [3.05, 3.63) is 11.3 Å². The Morgan fingerprint density at radius 3 is 2.20 bits per heavy atom. The van der Waals surface area contributed by atoms with Gasteiger partial charge in [-0.25, -0.2) is 0 Å². The van der Waals surface area contributed by atoms with E-state index in [2.05, 4.69) is 10.2 Å². The second-order valence-electron chi connectivity index (χ2n) is 2.21. The molecule has 1 aromatic heterocycles. The van der Waals surface area contributed by atoms with Crippen LogP contribution >= 0.6 is 0 Å². The topological polar surface area (TPSA) is 77.8 Å². The maximum atomic E-state index is 5.60. The number of rotatable bonds is 0. The van der Waals surface area contributed by atoms with E-state index in [4.69, 9.17) is 11.5 Å². The van der Waals surface area contributed by atoms with Crippen LogP contribution in [-0.2, 0) is 0 Å². The molecule has 0 atom stereocenters. The van der Waals surface area contributed by atoms with Crippen LogP contribution in [0.5, 0.6) is 0 Å². The van der Waals surface area contributed by atoms with Gasteiger partial charge in [0.2, 0.25) is 0 Å². The number of aryl methyl sites for hydroxylation is 1. The average Bonchev–Trinajstić information content (AvgIpc) is 1.93. The lowest BCUT2D eigenvalue weighted by molar-refractivity contribution is 0.983. The van der Waals surface area contributed by atoms with Gasteiger partial charge in [-0.05, 0) is 13.8 Å². The molecule has 0 aliphatic rings. The zero-order valence-electron chi connectivity index (χ0n) is 6.05. The lowest BCUT2D eigenvalue weighted by Crippen LogP contribution is -2.03. The van der Waals surface area contributed by atoms with E-state index in [-0.39, 0.29) is 0 Å². The third-order valence-electron chi connectivity index (χ3n) is 1.49. The number of nitrogens with zero attached hydrogens (tertiary/aromatic N) is 2. The van der Waals surface area contributed by atoms with Gasteiger partial charge in [0.15, 0.2) is 5.82 Å². The molecule has 10 heavy (non-hydrogen) atoms. The monoisotopic (exact) mass is 138 g/mol. The van der Waals surface area contributed by atoms with Gasteiger partial charge in [0.25, 0.3) is 0 Å². The smallest absolute Gasteiger partial charge is 0.151 e. The molecule has 0 fully saturated rings. The van der Waals surface area contributed by atoms with E-state index < -0.39 is 0 Å². The van der Waals surface area contributed by atoms with E-state index in [9.17, 15) is 0 Å². The first-order valence-corrected chi connectivity index (χ1v) is 2.97. The summed E-state index contributed by atoms with van der Waals surface area (Å²) in [5.74, 6) is 0.406. The molecular formula is C6H10N4. The Bertz CT molecular complexity index is 229. The summed E-state index contributed by atoms with van der Waals surface area (Å²) in [6, 6.07) is 0. The van der Waals surface area contributed by atoms with Crippen LogP contribution in [0.25, 0.3) is 0 Å². The summed E-state index contributed by atoms with van der Waals surface area (Å²) in [6.07, 6.45) is 0. The minimum Gasteiger partial charge on any atom is -0.397 e. The Morgan fingerprint density at radius 1 is 1.10 bits per heavy atom. The van der Waals surface area contributed by atoms with E-state index in [0.717, 1.165) is 11.3 Å². The number of aromatic nitrogens is 2. The standard InChI is InChI=1S/C6H10N4/c1-3-5(7)4(2)9-10-6(3)8/h1-2H3,(H4,7,8,10). The van der Waals surface area contributed by atoms with Crippen LogP contribution in [0, 0.1) is 13.8 Å². The van der Waals surface area contributed by atoms with Crippen molar-refractivity contribution in [2.75, 3.05) is 11.5 Å². The lowest BCUT2D eigenvalue weighted by Gasteiger charge is -2.02. The molecule has 54 valence electrons. The molecule has 0 aliphatic carbocycles. The summed E-state index contributed by atoms with van der Waals surface area (Å²) >= 11 is 0. The molecule has 0 unspecified atom stereocenters. The maximum absolute atomic E-state index is 5.60. The van der Waals surface area contributed by atoms with Crippen LogP contribution in [0.3, 0.4) is 0 Å². The fraction of sp³-hybridized carbons (Fsp3) is 0.333. The molecule has 0 spiro atoms. The summed E-state index contributed by atoms with van der Waals surface area (Å²) in [5.41, 5.74) is 13.2. The number of anilines is 2. The molecule has 4 N–H and O–H groups in total. The van der Waals surface area contributed by atoms with E-state index in [1.54, 1.807) is 6.92 Å². The predicted molar refractivity (Wildman–Crippen MR) is 40.3 cm³/mol. The van der Waals surface area contributed by atoms with Crippen LogP contribution in [0.15, 0.2) is 0 Å². The number of hydrogen-bond acceptors (Lipinski definition) is 4.